The summed E-state index contributed by atoms with van der Waals surface area (Å²) in [6.45, 7) is 6.65. The van der Waals surface area contributed by atoms with Crippen LogP contribution in [0.15, 0.2) is 18.2 Å². The lowest BCUT2D eigenvalue weighted by Gasteiger charge is -2.27. The van der Waals surface area contributed by atoms with Gasteiger partial charge in [0.2, 0.25) is 0 Å². The minimum Gasteiger partial charge on any atom is -0.508 e. The van der Waals surface area contributed by atoms with Crippen LogP contribution < -0.4 is 0 Å². The van der Waals surface area contributed by atoms with Gasteiger partial charge in [-0.05, 0) is 30.2 Å². The number of phenols is 1. The second kappa shape index (κ2) is 4.64. The maximum Gasteiger partial charge on any atom is 0.115 e. The molecule has 0 aromatic heterocycles. The molecule has 1 fully saturated rings. The molecule has 1 heterocycles. The summed E-state index contributed by atoms with van der Waals surface area (Å²) in [6, 6.07) is 5.57. The van der Waals surface area contributed by atoms with E-state index in [-0.39, 0.29) is 0 Å². The fourth-order valence-corrected chi connectivity index (χ4v) is 1.86. The zero-order chi connectivity index (χ0) is 10.7. The van der Waals surface area contributed by atoms with Crippen LogP contribution in [0.25, 0.3) is 0 Å². The van der Waals surface area contributed by atoms with Crippen molar-refractivity contribution in [1.29, 1.82) is 0 Å². The Balaban J connectivity index is 2.03. The lowest BCUT2D eigenvalue weighted by Crippen LogP contribution is -2.35. The molecule has 0 amide bonds. The van der Waals surface area contributed by atoms with E-state index in [9.17, 15) is 5.11 Å². The van der Waals surface area contributed by atoms with Crippen LogP contribution in [-0.2, 0) is 11.3 Å². The first-order chi connectivity index (χ1) is 7.25. The van der Waals surface area contributed by atoms with Gasteiger partial charge in [0, 0.05) is 19.6 Å². The van der Waals surface area contributed by atoms with Gasteiger partial charge < -0.3 is 9.84 Å². The molecule has 0 radical (unpaired) electrons. The van der Waals surface area contributed by atoms with Crippen molar-refractivity contribution in [2.45, 2.75) is 13.5 Å². The van der Waals surface area contributed by atoms with E-state index in [1.54, 1.807) is 6.07 Å². The molecule has 1 saturated heterocycles. The van der Waals surface area contributed by atoms with Gasteiger partial charge in [0.15, 0.2) is 0 Å². The molecule has 1 aliphatic rings. The number of rotatable bonds is 2. The Morgan fingerprint density at radius 3 is 2.73 bits per heavy atom. The monoisotopic (exact) mass is 207 g/mol. The van der Waals surface area contributed by atoms with Crippen LogP contribution in [0.2, 0.25) is 0 Å². The van der Waals surface area contributed by atoms with Gasteiger partial charge in [-0.1, -0.05) is 6.07 Å². The Bertz CT molecular complexity index is 332. The first-order valence-corrected chi connectivity index (χ1v) is 5.34. The molecule has 0 spiro atoms. The van der Waals surface area contributed by atoms with Crippen molar-refractivity contribution < 1.29 is 9.84 Å². The van der Waals surface area contributed by atoms with Crippen molar-refractivity contribution in [2.75, 3.05) is 26.3 Å². The molecule has 3 heteroatoms. The van der Waals surface area contributed by atoms with E-state index in [0.29, 0.717) is 5.75 Å². The van der Waals surface area contributed by atoms with Crippen molar-refractivity contribution in [3.8, 4) is 5.75 Å². The van der Waals surface area contributed by atoms with Crippen LogP contribution in [0.4, 0.5) is 0 Å². The van der Waals surface area contributed by atoms with Gasteiger partial charge >= 0.3 is 0 Å². The number of phenolic OH excluding ortho intramolecular Hbond substituents is 1. The number of hydrogen-bond donors (Lipinski definition) is 1. The number of aryl methyl sites for hydroxylation is 1. The molecule has 0 aliphatic carbocycles. The van der Waals surface area contributed by atoms with E-state index in [1.807, 2.05) is 19.1 Å². The van der Waals surface area contributed by atoms with Crippen LogP contribution in [0.5, 0.6) is 5.75 Å². The topological polar surface area (TPSA) is 32.7 Å². The number of aromatic hydroxyl groups is 1. The zero-order valence-electron chi connectivity index (χ0n) is 9.07. The number of morpholine rings is 1. The average Bonchev–Trinajstić information content (AvgIpc) is 2.24. The summed E-state index contributed by atoms with van der Waals surface area (Å²) in [5.74, 6) is 0.346. The minimum atomic E-state index is 0.346. The molecule has 1 aromatic rings. The third kappa shape index (κ3) is 2.70. The number of nitrogens with zero attached hydrogens (tertiary/aromatic N) is 1. The van der Waals surface area contributed by atoms with Crippen LogP contribution in [0, 0.1) is 6.92 Å². The van der Waals surface area contributed by atoms with Crippen molar-refractivity contribution in [2.24, 2.45) is 0 Å². The summed E-state index contributed by atoms with van der Waals surface area (Å²) in [7, 11) is 0. The third-order valence-corrected chi connectivity index (χ3v) is 2.82. The lowest BCUT2D eigenvalue weighted by atomic mass is 10.1. The second-order valence-corrected chi connectivity index (χ2v) is 4.00. The molecule has 0 saturated carbocycles. The van der Waals surface area contributed by atoms with Gasteiger partial charge in [-0.25, -0.2) is 0 Å². The molecule has 0 unspecified atom stereocenters. The first kappa shape index (κ1) is 10.5. The summed E-state index contributed by atoms with van der Waals surface area (Å²) >= 11 is 0. The standard InChI is InChI=1S/C12H17NO2/c1-10-8-12(14)3-2-11(10)9-13-4-6-15-7-5-13/h2-3,8,14H,4-7,9H2,1H3. The molecule has 15 heavy (non-hydrogen) atoms. The number of benzene rings is 1. The predicted octanol–water partition coefficient (Wildman–Crippen LogP) is 1.53. The van der Waals surface area contributed by atoms with Crippen LogP contribution in [0.1, 0.15) is 11.1 Å². The summed E-state index contributed by atoms with van der Waals surface area (Å²) in [4.78, 5) is 2.38. The molecule has 0 bridgehead atoms. The SMILES string of the molecule is Cc1cc(O)ccc1CN1CCOCC1. The van der Waals surface area contributed by atoms with E-state index in [4.69, 9.17) is 4.74 Å². The van der Waals surface area contributed by atoms with Gasteiger partial charge in [-0.3, -0.25) is 4.90 Å². The molecular weight excluding hydrogens is 190 g/mol. The zero-order valence-corrected chi connectivity index (χ0v) is 9.07. The average molecular weight is 207 g/mol. The number of ether oxygens (including phenoxy) is 1. The fraction of sp³-hybridized carbons (Fsp3) is 0.500. The predicted molar refractivity (Wildman–Crippen MR) is 58.9 cm³/mol. The molecule has 82 valence electrons. The van der Waals surface area contributed by atoms with Crippen LogP contribution >= 0.6 is 0 Å². The van der Waals surface area contributed by atoms with Crippen molar-refractivity contribution in [3.63, 3.8) is 0 Å². The van der Waals surface area contributed by atoms with Crippen molar-refractivity contribution in [1.82, 2.24) is 4.90 Å². The highest BCUT2D eigenvalue weighted by Gasteiger charge is 2.11. The highest BCUT2D eigenvalue weighted by atomic mass is 16.5. The van der Waals surface area contributed by atoms with Crippen molar-refractivity contribution in [3.05, 3.63) is 29.3 Å². The van der Waals surface area contributed by atoms with E-state index in [2.05, 4.69) is 4.90 Å². The van der Waals surface area contributed by atoms with E-state index >= 15 is 0 Å². The van der Waals surface area contributed by atoms with Crippen LogP contribution in [0.3, 0.4) is 0 Å². The summed E-state index contributed by atoms with van der Waals surface area (Å²) in [5, 5.41) is 9.31. The Morgan fingerprint density at radius 1 is 1.33 bits per heavy atom. The largest absolute Gasteiger partial charge is 0.508 e. The highest BCUT2D eigenvalue weighted by molar-refractivity contribution is 5.33. The summed E-state index contributed by atoms with van der Waals surface area (Å²) in [6.07, 6.45) is 0. The van der Waals surface area contributed by atoms with Crippen molar-refractivity contribution >= 4 is 0 Å². The van der Waals surface area contributed by atoms with Crippen LogP contribution in [-0.4, -0.2) is 36.3 Å². The van der Waals surface area contributed by atoms with Gasteiger partial charge in [0.25, 0.3) is 0 Å². The Hall–Kier alpha value is -1.06. The molecular formula is C12H17NO2. The Morgan fingerprint density at radius 2 is 2.07 bits per heavy atom. The van der Waals surface area contributed by atoms with Gasteiger partial charge in [0.05, 0.1) is 13.2 Å². The molecule has 1 aromatic carbocycles. The minimum absolute atomic E-state index is 0.346. The smallest absolute Gasteiger partial charge is 0.115 e. The van der Waals surface area contributed by atoms with E-state index in [0.717, 1.165) is 38.4 Å². The number of hydrogen-bond acceptors (Lipinski definition) is 3. The second-order valence-electron chi connectivity index (χ2n) is 4.00. The van der Waals surface area contributed by atoms with Gasteiger partial charge in [0.1, 0.15) is 5.75 Å². The molecule has 0 atom stereocenters. The summed E-state index contributed by atoms with van der Waals surface area (Å²) < 4.78 is 5.31. The quantitative estimate of drug-likeness (QED) is 0.798. The fourth-order valence-electron chi connectivity index (χ4n) is 1.86. The lowest BCUT2D eigenvalue weighted by molar-refractivity contribution is 0.0341. The third-order valence-electron chi connectivity index (χ3n) is 2.82. The Labute approximate surface area is 90.3 Å². The molecule has 2 rings (SSSR count). The van der Waals surface area contributed by atoms with Gasteiger partial charge in [-0.2, -0.15) is 0 Å². The normalized spacial score (nSPS) is 17.9. The summed E-state index contributed by atoms with van der Waals surface area (Å²) in [5.41, 5.74) is 2.44. The van der Waals surface area contributed by atoms with E-state index in [1.165, 1.54) is 5.56 Å². The van der Waals surface area contributed by atoms with Gasteiger partial charge in [-0.15, -0.1) is 0 Å². The Kier molecular flexibility index (Phi) is 3.23. The molecule has 3 nitrogen and oxygen atoms in total. The van der Waals surface area contributed by atoms with E-state index < -0.39 is 0 Å². The molecule has 1 aliphatic heterocycles. The first-order valence-electron chi connectivity index (χ1n) is 5.34. The maximum atomic E-state index is 9.31. The molecule has 1 N–H and O–H groups in total. The highest BCUT2D eigenvalue weighted by Crippen LogP contribution is 2.17. The maximum absolute atomic E-state index is 9.31.